The molecule has 0 fully saturated rings. The molecule has 0 aromatic rings. The van der Waals surface area contributed by atoms with E-state index in [0.29, 0.717) is 38.8 Å². The Morgan fingerprint density at radius 3 is 1.11 bits per heavy atom. The van der Waals surface area contributed by atoms with Crippen molar-refractivity contribution in [1.29, 1.82) is 0 Å². The number of rotatable bonds is 8. The fraction of sp³-hybridized carbons (Fsp3) is 1.00. The van der Waals surface area contributed by atoms with Crippen molar-refractivity contribution in [3.05, 3.63) is 0 Å². The van der Waals surface area contributed by atoms with Crippen LogP contribution in [0.25, 0.3) is 0 Å². The summed E-state index contributed by atoms with van der Waals surface area (Å²) in [6, 6.07) is 0. The Hall–Kier alpha value is 1.22. The molecule has 0 bridgehead atoms. The van der Waals surface area contributed by atoms with E-state index >= 15 is 0 Å². The summed E-state index contributed by atoms with van der Waals surface area (Å²) in [5, 5.41) is 0. The number of hydrogen-bond acceptors (Lipinski definition) is 6. The monoisotopic (exact) mass is 394 g/mol. The summed E-state index contributed by atoms with van der Waals surface area (Å²) in [6.45, 7) is 0.936. The van der Waals surface area contributed by atoms with Gasteiger partial charge in [-0.25, -0.2) is 0 Å². The second-order valence-corrected chi connectivity index (χ2v) is 6.71. The van der Waals surface area contributed by atoms with E-state index in [1.807, 2.05) is 0 Å². The third-order valence-electron chi connectivity index (χ3n) is 1.71. The van der Waals surface area contributed by atoms with Gasteiger partial charge in [0.2, 0.25) is 0 Å². The molecule has 0 spiro atoms. The van der Waals surface area contributed by atoms with E-state index < -0.39 is 20.2 Å². The van der Waals surface area contributed by atoms with Crippen LogP contribution in [0.4, 0.5) is 0 Å². The Bertz CT molecular complexity index is 346. The molecule has 11 heteroatoms. The van der Waals surface area contributed by atoms with Crippen LogP contribution >= 0.6 is 0 Å². The van der Waals surface area contributed by atoms with E-state index in [1.165, 1.54) is 0 Å². The maximum absolute atomic E-state index is 10.0. The number of nitrogens with two attached hydrogens (primary N) is 2. The summed E-state index contributed by atoms with van der Waals surface area (Å²) in [4.78, 5) is 0. The van der Waals surface area contributed by atoms with Crippen molar-refractivity contribution in [2.24, 2.45) is 11.5 Å². The number of unbranched alkanes of at least 4 members (excludes halogenated alkanes) is 2. The molecular weight excluding hydrogens is 372 g/mol. The van der Waals surface area contributed by atoms with E-state index in [1.54, 1.807) is 0 Å². The van der Waals surface area contributed by atoms with Gasteiger partial charge in [0, 0.05) is 45.5 Å². The largest absolute Gasteiger partial charge is 0.330 e. The van der Waals surface area contributed by atoms with Crippen LogP contribution < -0.4 is 11.5 Å². The molecule has 0 aliphatic rings. The third kappa shape index (κ3) is 32.6. The van der Waals surface area contributed by atoms with Crippen LogP contribution in [0.5, 0.6) is 0 Å². The van der Waals surface area contributed by atoms with Crippen molar-refractivity contribution in [2.45, 2.75) is 25.7 Å². The van der Waals surface area contributed by atoms with Crippen LogP contribution in [0.1, 0.15) is 25.7 Å². The van der Waals surface area contributed by atoms with Gasteiger partial charge in [-0.2, -0.15) is 16.8 Å². The van der Waals surface area contributed by atoms with Crippen LogP contribution in [0.3, 0.4) is 0 Å². The van der Waals surface area contributed by atoms with E-state index in [9.17, 15) is 16.8 Å². The van der Waals surface area contributed by atoms with Gasteiger partial charge in [0.15, 0.2) is 0 Å². The summed E-state index contributed by atoms with van der Waals surface area (Å²) in [6.07, 6.45) is 2.16. The SMILES string of the molecule is NCCCCS(=O)(=O)O.NCCCCS(=O)(=O)O.[Sr]. The molecule has 0 rings (SSSR count). The molecule has 0 saturated heterocycles. The zero-order valence-corrected chi connectivity index (χ0v) is 16.0. The molecule has 8 nitrogen and oxygen atoms in total. The zero-order valence-electron chi connectivity index (χ0n) is 10.9. The molecule has 0 atom stereocenters. The Morgan fingerprint density at radius 2 is 0.947 bits per heavy atom. The minimum absolute atomic E-state index is 0. The Morgan fingerprint density at radius 1 is 0.684 bits per heavy atom. The second-order valence-electron chi connectivity index (χ2n) is 3.56. The van der Waals surface area contributed by atoms with E-state index in [2.05, 4.69) is 0 Å². The first-order valence-corrected chi connectivity index (χ1v) is 8.64. The van der Waals surface area contributed by atoms with Gasteiger partial charge >= 0.3 is 0 Å². The standard InChI is InChI=1S/2C4H11NO3S.Sr/c2*5-3-1-2-4-9(6,7)8;/h2*1-5H2,(H,6,7,8);. The quantitative estimate of drug-likeness (QED) is 0.228. The molecule has 2 radical (unpaired) electrons. The van der Waals surface area contributed by atoms with Crippen LogP contribution in [0.2, 0.25) is 0 Å². The van der Waals surface area contributed by atoms with Gasteiger partial charge in [-0.3, -0.25) is 9.11 Å². The van der Waals surface area contributed by atoms with Crippen molar-refractivity contribution in [2.75, 3.05) is 24.6 Å². The normalized spacial score (nSPS) is 11.2. The molecular formula is C8H22N2O6S2Sr. The van der Waals surface area contributed by atoms with E-state index in [0.717, 1.165) is 0 Å². The van der Waals surface area contributed by atoms with Gasteiger partial charge in [0.1, 0.15) is 0 Å². The van der Waals surface area contributed by atoms with Crippen molar-refractivity contribution < 1.29 is 25.9 Å². The topological polar surface area (TPSA) is 161 Å². The fourth-order valence-corrected chi connectivity index (χ4v) is 2.00. The number of hydrogen-bond donors (Lipinski definition) is 4. The average Bonchev–Trinajstić information content (AvgIpc) is 2.16. The molecule has 0 amide bonds. The maximum atomic E-state index is 10.0. The molecule has 0 aliphatic heterocycles. The molecule has 0 aromatic carbocycles. The molecule has 0 heterocycles. The first-order chi connectivity index (χ1) is 8.12. The van der Waals surface area contributed by atoms with Gasteiger partial charge in [0.25, 0.3) is 20.2 Å². The summed E-state index contributed by atoms with van der Waals surface area (Å²) in [5.74, 6) is -0.353. The Kier molecular flexibility index (Phi) is 18.8. The Labute approximate surface area is 152 Å². The molecule has 6 N–H and O–H groups in total. The van der Waals surface area contributed by atoms with Crippen molar-refractivity contribution in [3.63, 3.8) is 0 Å². The first-order valence-electron chi connectivity index (χ1n) is 5.43. The van der Waals surface area contributed by atoms with Gasteiger partial charge < -0.3 is 11.5 Å². The van der Waals surface area contributed by atoms with Crippen molar-refractivity contribution in [1.82, 2.24) is 0 Å². The molecule has 0 aromatic heterocycles. The molecule has 114 valence electrons. The average molecular weight is 394 g/mol. The zero-order chi connectivity index (χ0) is 14.7. The van der Waals surface area contributed by atoms with E-state index in [-0.39, 0.29) is 57.0 Å². The van der Waals surface area contributed by atoms with Crippen LogP contribution in [0.15, 0.2) is 0 Å². The third-order valence-corrected chi connectivity index (χ3v) is 3.32. The van der Waals surface area contributed by atoms with E-state index in [4.69, 9.17) is 20.6 Å². The molecule has 19 heavy (non-hydrogen) atoms. The van der Waals surface area contributed by atoms with Crippen molar-refractivity contribution >= 4 is 65.7 Å². The Balaban J connectivity index is -0.000000256. The second kappa shape index (κ2) is 14.2. The van der Waals surface area contributed by atoms with Gasteiger partial charge in [-0.05, 0) is 38.8 Å². The van der Waals surface area contributed by atoms with Crippen molar-refractivity contribution in [3.8, 4) is 0 Å². The molecule has 0 aliphatic carbocycles. The minimum Gasteiger partial charge on any atom is -0.330 e. The summed E-state index contributed by atoms with van der Waals surface area (Å²) in [5.41, 5.74) is 10.2. The van der Waals surface area contributed by atoms with Gasteiger partial charge in [-0.15, -0.1) is 0 Å². The maximum Gasteiger partial charge on any atom is 0.264 e. The van der Waals surface area contributed by atoms with Crippen LogP contribution in [-0.4, -0.2) is 96.0 Å². The van der Waals surface area contributed by atoms with Gasteiger partial charge in [0.05, 0.1) is 11.5 Å². The van der Waals surface area contributed by atoms with Crippen LogP contribution in [0, 0.1) is 0 Å². The fourth-order valence-electron chi connectivity index (χ4n) is 0.858. The predicted molar refractivity (Wildman–Crippen MR) is 75.2 cm³/mol. The summed E-state index contributed by atoms with van der Waals surface area (Å²) in [7, 11) is -7.50. The van der Waals surface area contributed by atoms with Crippen LogP contribution in [-0.2, 0) is 20.2 Å². The molecule has 0 unspecified atom stereocenters. The smallest absolute Gasteiger partial charge is 0.264 e. The summed E-state index contributed by atoms with van der Waals surface area (Å²) < 4.78 is 56.4. The minimum atomic E-state index is -3.75. The predicted octanol–water partition coefficient (Wildman–Crippen LogP) is -1.15. The molecule has 0 saturated carbocycles. The first kappa shape index (κ1) is 25.2. The van der Waals surface area contributed by atoms with Gasteiger partial charge in [-0.1, -0.05) is 0 Å². The summed E-state index contributed by atoms with van der Waals surface area (Å²) >= 11 is 0.